The molecule has 2 fully saturated rings. The Balaban J connectivity index is 1.61. The van der Waals surface area contributed by atoms with Crippen molar-refractivity contribution in [2.75, 3.05) is 48.3 Å². The van der Waals surface area contributed by atoms with Gasteiger partial charge in [0.15, 0.2) is 8.32 Å². The minimum absolute atomic E-state index is 0.00719. The molecule has 1 unspecified atom stereocenters. The van der Waals surface area contributed by atoms with E-state index < -0.39 is 116 Å². The Kier molecular flexibility index (Phi) is 27.6. The van der Waals surface area contributed by atoms with Gasteiger partial charge in [0.1, 0.15) is 67.2 Å². The molecule has 85 heavy (non-hydrogen) atoms. The van der Waals surface area contributed by atoms with Gasteiger partial charge in [0.05, 0.1) is 25.2 Å². The number of benzene rings is 2. The van der Waals surface area contributed by atoms with Crippen LogP contribution in [0, 0.1) is 23.7 Å². The highest BCUT2D eigenvalue weighted by atomic mass is 28.4. The van der Waals surface area contributed by atoms with Crippen LogP contribution in [-0.2, 0) is 74.6 Å². The van der Waals surface area contributed by atoms with Gasteiger partial charge < -0.3 is 68.1 Å². The molecule has 5 amide bonds. The highest BCUT2D eigenvalue weighted by Crippen LogP contribution is 2.38. The Bertz CT molecular complexity index is 2470. The van der Waals surface area contributed by atoms with E-state index in [9.17, 15) is 33.6 Å². The smallest absolute Gasteiger partial charge is 0.408 e. The fraction of sp³-hybridized carbons (Fsp3) is 0.698. The van der Waals surface area contributed by atoms with E-state index in [1.165, 1.54) is 45.1 Å². The fourth-order valence-corrected chi connectivity index (χ4v) is 11.5. The molecule has 21 nitrogen and oxygen atoms in total. The van der Waals surface area contributed by atoms with Crippen molar-refractivity contribution in [1.29, 1.82) is 0 Å². The van der Waals surface area contributed by atoms with Gasteiger partial charge >= 0.3 is 24.1 Å². The molecule has 1 saturated heterocycles. The van der Waals surface area contributed by atoms with Crippen molar-refractivity contribution in [1.82, 2.24) is 25.8 Å². The molecular formula is C63H101N5O16Si. The molecule has 2 aromatic rings. The molecule has 4 rings (SSSR count). The molecule has 22 heteroatoms. The number of alkyl carbamates (subject to hydrolysis) is 2. The number of rotatable bonds is 29. The number of nitrogens with zero attached hydrogens (tertiary/aromatic N) is 2. The van der Waals surface area contributed by atoms with Crippen LogP contribution >= 0.6 is 0 Å². The van der Waals surface area contributed by atoms with Crippen LogP contribution in [0.15, 0.2) is 54.6 Å². The van der Waals surface area contributed by atoms with E-state index in [2.05, 4.69) is 49.8 Å². The standard InChI is InChI=1S/C63H101N5O16Si/c1-39(2)34-48(65-60(74)79-37-44-24-20-19-21-25-44)56(70)68-33-23-28-49(68)57(71)67(13)50(35-43-29-31-45(77-15)32-30-43)59(73)82-42(6)51(66-61(75)84-62(7,8)9)55(69)64-47-27-22-26-46(54(47)78-16)58(72)83-52(40(3)4)53(80-38-76-14)41(5)36-81-85(17,18)63(10,11)12/h19-21,24-25,29-32,39-42,46-54H,22-23,26-28,33-38H2,1-18H3,(H,64,69)(H,65,74)(H,66,75)/t41-,42-,46+,47?,48+,49+,50+,51+,52+,53+,54+/m1/s1. The van der Waals surface area contributed by atoms with Gasteiger partial charge in [0, 0.05) is 46.8 Å². The number of hydrogen-bond donors (Lipinski definition) is 3. The molecular weight excluding hydrogens is 1110 g/mol. The summed E-state index contributed by atoms with van der Waals surface area (Å²) in [6.07, 6.45) is -3.08. The first-order chi connectivity index (χ1) is 39.8. The summed E-state index contributed by atoms with van der Waals surface area (Å²) >= 11 is 0. The van der Waals surface area contributed by atoms with Gasteiger partial charge in [-0.25, -0.2) is 14.4 Å². The molecule has 0 aromatic heterocycles. The second-order valence-electron chi connectivity index (χ2n) is 25.9. The normalized spacial score (nSPS) is 20.0. The molecule has 0 bridgehead atoms. The van der Waals surface area contributed by atoms with Gasteiger partial charge in [-0.1, -0.05) is 104 Å². The van der Waals surface area contributed by atoms with Gasteiger partial charge in [0.25, 0.3) is 0 Å². The van der Waals surface area contributed by atoms with Gasteiger partial charge in [-0.2, -0.15) is 0 Å². The Hall–Kier alpha value is -5.81. The van der Waals surface area contributed by atoms with Crippen LogP contribution in [0.1, 0.15) is 133 Å². The van der Waals surface area contributed by atoms with E-state index in [1.807, 2.05) is 65.0 Å². The lowest BCUT2D eigenvalue weighted by Crippen LogP contribution is -2.60. The summed E-state index contributed by atoms with van der Waals surface area (Å²) < 4.78 is 53.2. The maximum Gasteiger partial charge on any atom is 0.408 e. The third-order valence-electron chi connectivity index (χ3n) is 16.1. The van der Waals surface area contributed by atoms with Crippen LogP contribution in [-0.4, -0.2) is 169 Å². The highest BCUT2D eigenvalue weighted by molar-refractivity contribution is 6.74. The molecule has 3 N–H and O–H groups in total. The molecule has 1 aliphatic carbocycles. The maximum atomic E-state index is 14.9. The number of ether oxygens (including phenoxy) is 8. The van der Waals surface area contributed by atoms with Gasteiger partial charge in [0.2, 0.25) is 17.7 Å². The van der Waals surface area contributed by atoms with Crippen molar-refractivity contribution in [2.24, 2.45) is 23.7 Å². The number of esters is 2. The van der Waals surface area contributed by atoms with E-state index in [0.29, 0.717) is 43.6 Å². The van der Waals surface area contributed by atoms with Crippen molar-refractivity contribution in [3.8, 4) is 5.75 Å². The molecule has 1 saturated carbocycles. The quantitative estimate of drug-likeness (QED) is 0.0298. The SMILES string of the molecule is COCO[C@@H]([C@H](C)CO[Si](C)(C)C(C)(C)C)[C@@H](OC(=O)[C@H]1CCCC(NC(=O)[C@@H](NC(=O)OC(C)(C)C)[C@@H](C)OC(=O)[C@H](Cc2ccc(OC)cc2)N(C)C(=O)[C@@H]2CCCN2C(=O)[C@H](CC(C)C)NC(=O)OCc2ccccc2)[C@H]1OC)C(C)C. The zero-order valence-corrected chi connectivity index (χ0v) is 54.9. The summed E-state index contributed by atoms with van der Waals surface area (Å²) in [4.78, 5) is 103. The van der Waals surface area contributed by atoms with Crippen LogP contribution in [0.2, 0.25) is 18.1 Å². The van der Waals surface area contributed by atoms with Gasteiger partial charge in [-0.05, 0) is 113 Å². The number of carbonyl (C=O) groups is 7. The van der Waals surface area contributed by atoms with Crippen molar-refractivity contribution in [3.63, 3.8) is 0 Å². The molecule has 2 aliphatic rings. The first-order valence-electron chi connectivity index (χ1n) is 30.0. The lowest BCUT2D eigenvalue weighted by molar-refractivity contribution is -0.188. The third-order valence-corrected chi connectivity index (χ3v) is 20.6. The van der Waals surface area contributed by atoms with Crippen molar-refractivity contribution in [3.05, 3.63) is 65.7 Å². The number of likely N-dealkylation sites (N-methyl/N-ethyl adjacent to an activating group) is 1. The molecule has 0 radical (unpaired) electrons. The van der Waals surface area contributed by atoms with Crippen LogP contribution < -0.4 is 20.7 Å². The number of carbonyl (C=O) groups excluding carboxylic acids is 7. The maximum absolute atomic E-state index is 14.9. The van der Waals surface area contributed by atoms with E-state index in [4.69, 9.17) is 42.3 Å². The van der Waals surface area contributed by atoms with Crippen LogP contribution in [0.5, 0.6) is 5.75 Å². The second kappa shape index (κ2) is 32.8. The minimum Gasteiger partial charge on any atom is -0.497 e. The number of nitrogens with one attached hydrogen (secondary N) is 3. The van der Waals surface area contributed by atoms with E-state index in [-0.39, 0.29) is 62.0 Å². The Morgan fingerprint density at radius 3 is 2.01 bits per heavy atom. The Labute approximate surface area is 506 Å². The number of hydrogen-bond acceptors (Lipinski definition) is 16. The lowest BCUT2D eigenvalue weighted by Gasteiger charge is -2.40. The van der Waals surface area contributed by atoms with Gasteiger partial charge in [-0.3, -0.25) is 19.2 Å². The van der Waals surface area contributed by atoms with Crippen LogP contribution in [0.25, 0.3) is 0 Å². The second-order valence-corrected chi connectivity index (χ2v) is 30.8. The van der Waals surface area contributed by atoms with Gasteiger partial charge in [-0.15, -0.1) is 0 Å². The topological polar surface area (TPSA) is 245 Å². The molecule has 478 valence electrons. The molecule has 1 aliphatic heterocycles. The monoisotopic (exact) mass is 1210 g/mol. The largest absolute Gasteiger partial charge is 0.497 e. The summed E-state index contributed by atoms with van der Waals surface area (Å²) in [6, 6.07) is 10.4. The van der Waals surface area contributed by atoms with E-state index in [0.717, 1.165) is 5.56 Å². The summed E-state index contributed by atoms with van der Waals surface area (Å²) in [7, 11) is 3.81. The number of amides is 5. The summed E-state index contributed by atoms with van der Waals surface area (Å²) in [5.74, 6) is -3.89. The first-order valence-corrected chi connectivity index (χ1v) is 32.9. The summed E-state index contributed by atoms with van der Waals surface area (Å²) in [5.41, 5.74) is 0.411. The first kappa shape index (κ1) is 71.7. The fourth-order valence-electron chi connectivity index (χ4n) is 10.4. The van der Waals surface area contributed by atoms with E-state index in [1.54, 1.807) is 45.0 Å². The van der Waals surface area contributed by atoms with E-state index >= 15 is 0 Å². The molecule has 0 spiro atoms. The zero-order valence-electron chi connectivity index (χ0n) is 53.9. The predicted molar refractivity (Wildman–Crippen MR) is 324 cm³/mol. The molecule has 11 atom stereocenters. The molecule has 2 aromatic carbocycles. The predicted octanol–water partition coefficient (Wildman–Crippen LogP) is 8.74. The van der Waals surface area contributed by atoms with Crippen molar-refractivity contribution >= 4 is 50.2 Å². The summed E-state index contributed by atoms with van der Waals surface area (Å²) in [5, 5.41) is 8.33. The Morgan fingerprint density at radius 1 is 0.776 bits per heavy atom. The third kappa shape index (κ3) is 21.5. The molecule has 1 heterocycles. The minimum atomic E-state index is -2.15. The zero-order chi connectivity index (χ0) is 63.6. The number of likely N-dealkylation sites (tertiary alicyclic amines) is 1. The average molecular weight is 1210 g/mol. The van der Waals surface area contributed by atoms with Crippen LogP contribution in [0.3, 0.4) is 0 Å². The van der Waals surface area contributed by atoms with Crippen molar-refractivity contribution < 1.29 is 75.9 Å². The average Bonchev–Trinajstić information content (AvgIpc) is 3.37. The number of methoxy groups -OCH3 is 3. The van der Waals surface area contributed by atoms with Crippen LogP contribution in [0.4, 0.5) is 9.59 Å². The van der Waals surface area contributed by atoms with Crippen molar-refractivity contribution in [2.45, 2.75) is 213 Å². The Morgan fingerprint density at radius 2 is 1.44 bits per heavy atom. The lowest BCUT2D eigenvalue weighted by atomic mass is 9.82. The highest BCUT2D eigenvalue weighted by Gasteiger charge is 2.46. The summed E-state index contributed by atoms with van der Waals surface area (Å²) in [6.45, 7) is 27.6.